The lowest BCUT2D eigenvalue weighted by atomic mass is 10.2. The predicted octanol–water partition coefficient (Wildman–Crippen LogP) is 2.65. The zero-order valence-corrected chi connectivity index (χ0v) is 17.1. The molecule has 0 atom stereocenters. The van der Waals surface area contributed by atoms with Crippen molar-refractivity contribution in [3.8, 4) is 0 Å². The number of nitrogens with one attached hydrogen (secondary N) is 1. The summed E-state index contributed by atoms with van der Waals surface area (Å²) in [6.45, 7) is 13.5. The minimum Gasteiger partial charge on any atom is -0.357 e. The maximum atomic E-state index is 4.84. The van der Waals surface area contributed by atoms with Crippen LogP contribution >= 0.6 is 0 Å². The van der Waals surface area contributed by atoms with Crippen molar-refractivity contribution in [1.82, 2.24) is 20.0 Å². The van der Waals surface area contributed by atoms with E-state index in [1.165, 1.54) is 77.1 Å². The van der Waals surface area contributed by atoms with Gasteiger partial charge in [-0.25, -0.2) is 0 Å². The molecule has 150 valence electrons. The summed E-state index contributed by atoms with van der Waals surface area (Å²) in [5.74, 6) is 1.13. The van der Waals surface area contributed by atoms with Gasteiger partial charge in [0, 0.05) is 58.9 Å². The average molecular weight is 372 g/mol. The molecule has 0 unspecified atom stereocenters. The van der Waals surface area contributed by atoms with Gasteiger partial charge in [0.05, 0.1) is 0 Å². The van der Waals surface area contributed by atoms with Gasteiger partial charge in [-0.3, -0.25) is 9.89 Å². The average Bonchev–Trinajstić information content (AvgIpc) is 3.24. The fourth-order valence-corrected chi connectivity index (χ4v) is 4.00. The first-order valence-electron chi connectivity index (χ1n) is 10.9. The number of hydrogen-bond acceptors (Lipinski definition) is 3. The second-order valence-corrected chi connectivity index (χ2v) is 7.74. The van der Waals surface area contributed by atoms with Crippen molar-refractivity contribution in [1.29, 1.82) is 0 Å². The van der Waals surface area contributed by atoms with Gasteiger partial charge >= 0.3 is 0 Å². The largest absolute Gasteiger partial charge is 0.357 e. The number of likely N-dealkylation sites (tertiary alicyclic amines) is 1. The maximum Gasteiger partial charge on any atom is 0.193 e. The standard InChI is InChI=1S/C22H37N5/c1-2-23-22(27-14-8-9-15-27)24-12-6-7-13-25-16-18-26(19-17-25)20-21-10-4-3-5-11-21/h3-5,10-11H,2,6-9,12-20H2,1H3,(H,23,24). The van der Waals surface area contributed by atoms with Crippen molar-refractivity contribution in [2.24, 2.45) is 4.99 Å². The summed E-state index contributed by atoms with van der Waals surface area (Å²) in [4.78, 5) is 12.5. The Labute approximate surface area is 165 Å². The van der Waals surface area contributed by atoms with Gasteiger partial charge in [-0.1, -0.05) is 30.3 Å². The van der Waals surface area contributed by atoms with Gasteiger partial charge < -0.3 is 15.1 Å². The lowest BCUT2D eigenvalue weighted by molar-refractivity contribution is 0.126. The normalized spacial score (nSPS) is 19.6. The molecule has 1 N–H and O–H groups in total. The SMILES string of the molecule is CCNC(=NCCCCN1CCN(Cc2ccccc2)CC1)N1CCCC1. The number of rotatable bonds is 8. The summed E-state index contributed by atoms with van der Waals surface area (Å²) in [6, 6.07) is 10.8. The van der Waals surface area contributed by atoms with Gasteiger partial charge in [0.2, 0.25) is 0 Å². The highest BCUT2D eigenvalue weighted by atomic mass is 15.3. The number of nitrogens with zero attached hydrogens (tertiary/aromatic N) is 4. The van der Waals surface area contributed by atoms with Crippen LogP contribution in [0, 0.1) is 0 Å². The lowest BCUT2D eigenvalue weighted by Gasteiger charge is -2.34. The van der Waals surface area contributed by atoms with Gasteiger partial charge in [0.15, 0.2) is 5.96 Å². The molecule has 1 aromatic rings. The number of unbranched alkanes of at least 4 members (excludes halogenated alkanes) is 1. The van der Waals surface area contributed by atoms with E-state index < -0.39 is 0 Å². The predicted molar refractivity (Wildman–Crippen MR) is 114 cm³/mol. The number of guanidine groups is 1. The molecule has 2 fully saturated rings. The topological polar surface area (TPSA) is 34.1 Å². The molecule has 0 spiro atoms. The highest BCUT2D eigenvalue weighted by Crippen LogP contribution is 2.10. The summed E-state index contributed by atoms with van der Waals surface area (Å²) < 4.78 is 0. The molecule has 0 radical (unpaired) electrons. The Morgan fingerprint density at radius 1 is 0.926 bits per heavy atom. The zero-order chi connectivity index (χ0) is 18.7. The first-order valence-corrected chi connectivity index (χ1v) is 10.9. The van der Waals surface area contributed by atoms with Crippen molar-refractivity contribution in [2.75, 3.05) is 58.9 Å². The van der Waals surface area contributed by atoms with Crippen LogP contribution in [0.15, 0.2) is 35.3 Å². The Morgan fingerprint density at radius 2 is 1.63 bits per heavy atom. The molecule has 5 nitrogen and oxygen atoms in total. The molecule has 27 heavy (non-hydrogen) atoms. The summed E-state index contributed by atoms with van der Waals surface area (Å²) in [7, 11) is 0. The number of benzene rings is 1. The van der Waals surface area contributed by atoms with E-state index >= 15 is 0 Å². The third-order valence-electron chi connectivity index (χ3n) is 5.60. The molecule has 2 saturated heterocycles. The van der Waals surface area contributed by atoms with E-state index in [1.54, 1.807) is 0 Å². The first-order chi connectivity index (χ1) is 13.3. The fourth-order valence-electron chi connectivity index (χ4n) is 4.00. The van der Waals surface area contributed by atoms with E-state index in [9.17, 15) is 0 Å². The molecule has 0 bridgehead atoms. The van der Waals surface area contributed by atoms with E-state index in [0.29, 0.717) is 0 Å². The van der Waals surface area contributed by atoms with Crippen molar-refractivity contribution < 1.29 is 0 Å². The van der Waals surface area contributed by atoms with Gasteiger partial charge in [-0.15, -0.1) is 0 Å². The molecule has 2 aliphatic heterocycles. The summed E-state index contributed by atoms with van der Waals surface area (Å²) in [6.07, 6.45) is 5.05. The Hall–Kier alpha value is -1.59. The highest BCUT2D eigenvalue weighted by Gasteiger charge is 2.17. The van der Waals surface area contributed by atoms with Crippen molar-refractivity contribution >= 4 is 5.96 Å². The van der Waals surface area contributed by atoms with Crippen LogP contribution in [0.3, 0.4) is 0 Å². The zero-order valence-electron chi connectivity index (χ0n) is 17.1. The van der Waals surface area contributed by atoms with E-state index in [4.69, 9.17) is 4.99 Å². The third kappa shape index (κ3) is 6.82. The molecule has 2 heterocycles. The minimum atomic E-state index is 0.951. The minimum absolute atomic E-state index is 0.951. The molecule has 0 saturated carbocycles. The Morgan fingerprint density at radius 3 is 2.33 bits per heavy atom. The van der Waals surface area contributed by atoms with E-state index in [1.807, 2.05) is 0 Å². The van der Waals surface area contributed by atoms with Crippen LogP contribution in [0.5, 0.6) is 0 Å². The lowest BCUT2D eigenvalue weighted by Crippen LogP contribution is -2.46. The highest BCUT2D eigenvalue weighted by molar-refractivity contribution is 5.80. The van der Waals surface area contributed by atoms with Crippen LogP contribution in [-0.4, -0.2) is 79.6 Å². The van der Waals surface area contributed by atoms with Gasteiger partial charge in [0.1, 0.15) is 0 Å². The Kier molecular flexibility index (Phi) is 8.43. The fraction of sp³-hybridized carbons (Fsp3) is 0.682. The molecule has 5 heteroatoms. The van der Waals surface area contributed by atoms with Crippen LogP contribution in [0.4, 0.5) is 0 Å². The van der Waals surface area contributed by atoms with Gasteiger partial charge in [-0.2, -0.15) is 0 Å². The second-order valence-electron chi connectivity index (χ2n) is 7.74. The van der Waals surface area contributed by atoms with Crippen LogP contribution < -0.4 is 5.32 Å². The molecule has 2 aliphatic rings. The molecular formula is C22H37N5. The van der Waals surface area contributed by atoms with Crippen LogP contribution in [0.2, 0.25) is 0 Å². The summed E-state index contributed by atoms with van der Waals surface area (Å²) in [5, 5.41) is 3.45. The number of aliphatic imine (C=N–C) groups is 1. The smallest absolute Gasteiger partial charge is 0.193 e. The number of piperazine rings is 1. The number of hydrogen-bond donors (Lipinski definition) is 1. The summed E-state index contributed by atoms with van der Waals surface area (Å²) >= 11 is 0. The second kappa shape index (κ2) is 11.3. The van der Waals surface area contributed by atoms with E-state index in [-0.39, 0.29) is 0 Å². The van der Waals surface area contributed by atoms with Crippen molar-refractivity contribution in [2.45, 2.75) is 39.2 Å². The molecule has 3 rings (SSSR count). The Balaban J connectivity index is 1.29. The molecular weight excluding hydrogens is 334 g/mol. The van der Waals surface area contributed by atoms with Crippen LogP contribution in [0.1, 0.15) is 38.2 Å². The maximum absolute atomic E-state index is 4.84. The van der Waals surface area contributed by atoms with Crippen LogP contribution in [-0.2, 0) is 6.54 Å². The van der Waals surface area contributed by atoms with Crippen molar-refractivity contribution in [3.05, 3.63) is 35.9 Å². The quantitative estimate of drug-likeness (QED) is 0.433. The summed E-state index contributed by atoms with van der Waals surface area (Å²) in [5.41, 5.74) is 1.43. The molecule has 0 aliphatic carbocycles. The third-order valence-corrected chi connectivity index (χ3v) is 5.60. The van der Waals surface area contributed by atoms with Gasteiger partial charge in [-0.05, 0) is 44.7 Å². The monoisotopic (exact) mass is 371 g/mol. The van der Waals surface area contributed by atoms with Crippen molar-refractivity contribution in [3.63, 3.8) is 0 Å². The molecule has 1 aromatic carbocycles. The van der Waals surface area contributed by atoms with Crippen LogP contribution in [0.25, 0.3) is 0 Å². The Bertz CT molecular complexity index is 545. The molecule has 0 aromatic heterocycles. The van der Waals surface area contributed by atoms with Gasteiger partial charge in [0.25, 0.3) is 0 Å². The first kappa shape index (κ1) is 20.2. The molecule has 0 amide bonds. The van der Waals surface area contributed by atoms with E-state index in [2.05, 4.69) is 57.3 Å². The van der Waals surface area contributed by atoms with E-state index in [0.717, 1.165) is 25.6 Å².